The lowest BCUT2D eigenvalue weighted by molar-refractivity contribution is 0.0697. The van der Waals surface area contributed by atoms with Gasteiger partial charge in [-0.15, -0.1) is 0 Å². The summed E-state index contributed by atoms with van der Waals surface area (Å²) in [7, 11) is 0. The van der Waals surface area contributed by atoms with Gasteiger partial charge in [-0.05, 0) is 37.6 Å². The Morgan fingerprint density at radius 1 is 1.29 bits per heavy atom. The van der Waals surface area contributed by atoms with Crippen LogP contribution in [-0.4, -0.2) is 23.0 Å². The van der Waals surface area contributed by atoms with Crippen LogP contribution in [0.5, 0.6) is 0 Å². The summed E-state index contributed by atoms with van der Waals surface area (Å²) in [5.74, 6) is 0.150. The van der Waals surface area contributed by atoms with E-state index in [0.29, 0.717) is 19.4 Å². The number of carbonyl (C=O) groups is 1. The normalized spacial score (nSPS) is 14.1. The van der Waals surface area contributed by atoms with Crippen molar-refractivity contribution in [2.75, 3.05) is 11.9 Å². The molecule has 1 rings (SSSR count). The van der Waals surface area contributed by atoms with Gasteiger partial charge in [-0.2, -0.15) is 0 Å². The van der Waals surface area contributed by atoms with Crippen LogP contribution in [0.3, 0.4) is 0 Å². The fourth-order valence-electron chi connectivity index (χ4n) is 1.40. The monoisotopic (exact) mass is 235 g/mol. The van der Waals surface area contributed by atoms with Crippen LogP contribution in [0.4, 0.5) is 5.69 Å². The summed E-state index contributed by atoms with van der Waals surface area (Å²) < 4.78 is 0. The van der Waals surface area contributed by atoms with Crippen LogP contribution in [-0.2, 0) is 0 Å². The summed E-state index contributed by atoms with van der Waals surface area (Å²) >= 11 is 0. The third-order valence-electron chi connectivity index (χ3n) is 2.96. The summed E-state index contributed by atoms with van der Waals surface area (Å²) in [6, 6.07) is 7.37. The molecule has 1 aromatic carbocycles. The van der Waals surface area contributed by atoms with Gasteiger partial charge in [0.1, 0.15) is 0 Å². The summed E-state index contributed by atoms with van der Waals surface area (Å²) in [5, 5.41) is 13.0. The van der Waals surface area contributed by atoms with Crippen molar-refractivity contribution in [3.05, 3.63) is 29.8 Å². The van der Waals surface area contributed by atoms with Crippen LogP contribution in [0.25, 0.3) is 0 Å². The van der Waals surface area contributed by atoms with Crippen molar-refractivity contribution in [3.8, 4) is 0 Å². The standard InChI is InChI=1S/C14H21NO2/c1-4-13(16)11-6-8-12(9-7-11)15-10-14(3,17)5-2/h6-9,15,17H,4-5,10H2,1-3H3. The maximum absolute atomic E-state index is 11.4. The highest BCUT2D eigenvalue weighted by Crippen LogP contribution is 2.14. The highest BCUT2D eigenvalue weighted by molar-refractivity contribution is 5.96. The Labute approximate surface area is 103 Å². The summed E-state index contributed by atoms with van der Waals surface area (Å²) in [6.45, 7) is 6.11. The molecule has 2 N–H and O–H groups in total. The summed E-state index contributed by atoms with van der Waals surface area (Å²) in [6.07, 6.45) is 1.23. The first-order valence-electron chi connectivity index (χ1n) is 6.08. The molecule has 94 valence electrons. The van der Waals surface area contributed by atoms with Crippen molar-refractivity contribution in [3.63, 3.8) is 0 Å². The first kappa shape index (κ1) is 13.7. The molecule has 0 fully saturated rings. The van der Waals surface area contributed by atoms with Gasteiger partial charge >= 0.3 is 0 Å². The van der Waals surface area contributed by atoms with Gasteiger partial charge in [-0.3, -0.25) is 4.79 Å². The van der Waals surface area contributed by atoms with Gasteiger partial charge < -0.3 is 10.4 Å². The number of rotatable bonds is 6. The number of benzene rings is 1. The van der Waals surface area contributed by atoms with E-state index in [2.05, 4.69) is 5.32 Å². The quantitative estimate of drug-likeness (QED) is 0.745. The predicted octanol–water partition coefficient (Wildman–Crippen LogP) is 2.85. The average Bonchev–Trinajstić information content (AvgIpc) is 2.36. The molecule has 0 saturated carbocycles. The van der Waals surface area contributed by atoms with Crippen molar-refractivity contribution in [2.24, 2.45) is 0 Å². The largest absolute Gasteiger partial charge is 0.388 e. The molecular weight excluding hydrogens is 214 g/mol. The predicted molar refractivity (Wildman–Crippen MR) is 70.5 cm³/mol. The molecule has 0 aromatic heterocycles. The van der Waals surface area contributed by atoms with Crippen molar-refractivity contribution in [1.29, 1.82) is 0 Å². The molecule has 1 unspecified atom stereocenters. The van der Waals surface area contributed by atoms with E-state index in [-0.39, 0.29) is 5.78 Å². The van der Waals surface area contributed by atoms with Crippen molar-refractivity contribution in [2.45, 2.75) is 39.2 Å². The Balaban J connectivity index is 2.60. The van der Waals surface area contributed by atoms with E-state index >= 15 is 0 Å². The number of aliphatic hydroxyl groups is 1. The van der Waals surface area contributed by atoms with Gasteiger partial charge in [0.05, 0.1) is 5.60 Å². The van der Waals surface area contributed by atoms with Crippen molar-refractivity contribution in [1.82, 2.24) is 0 Å². The van der Waals surface area contributed by atoms with Gasteiger partial charge in [0, 0.05) is 24.2 Å². The molecule has 3 nitrogen and oxygen atoms in total. The summed E-state index contributed by atoms with van der Waals surface area (Å²) in [4.78, 5) is 11.4. The number of carbonyl (C=O) groups excluding carboxylic acids is 1. The molecule has 17 heavy (non-hydrogen) atoms. The van der Waals surface area contributed by atoms with Crippen LogP contribution in [0, 0.1) is 0 Å². The second kappa shape index (κ2) is 5.82. The number of Topliss-reactive ketones (excluding diaryl/α,β-unsaturated/α-hetero) is 1. The summed E-state index contributed by atoms with van der Waals surface area (Å²) in [5.41, 5.74) is 0.962. The lowest BCUT2D eigenvalue weighted by Crippen LogP contribution is -2.32. The molecule has 0 saturated heterocycles. The molecule has 3 heteroatoms. The second-order valence-corrected chi connectivity index (χ2v) is 4.56. The van der Waals surface area contributed by atoms with E-state index in [1.807, 2.05) is 38.1 Å². The third kappa shape index (κ3) is 4.19. The van der Waals surface area contributed by atoms with E-state index in [1.165, 1.54) is 0 Å². The van der Waals surface area contributed by atoms with Crippen molar-refractivity contribution < 1.29 is 9.90 Å². The van der Waals surface area contributed by atoms with Crippen LogP contribution in [0.2, 0.25) is 0 Å². The number of anilines is 1. The highest BCUT2D eigenvalue weighted by atomic mass is 16.3. The second-order valence-electron chi connectivity index (χ2n) is 4.56. The molecule has 0 spiro atoms. The molecule has 0 radical (unpaired) electrons. The molecule has 1 atom stereocenters. The van der Waals surface area contributed by atoms with E-state index in [4.69, 9.17) is 0 Å². The van der Waals surface area contributed by atoms with Gasteiger partial charge in [0.2, 0.25) is 0 Å². The topological polar surface area (TPSA) is 49.3 Å². The Hall–Kier alpha value is -1.35. The maximum Gasteiger partial charge on any atom is 0.162 e. The Morgan fingerprint density at radius 3 is 2.35 bits per heavy atom. The zero-order chi connectivity index (χ0) is 12.9. The smallest absolute Gasteiger partial charge is 0.162 e. The number of ketones is 1. The van der Waals surface area contributed by atoms with Gasteiger partial charge in [0.15, 0.2) is 5.78 Å². The fraction of sp³-hybridized carbons (Fsp3) is 0.500. The van der Waals surface area contributed by atoms with Gasteiger partial charge in [0.25, 0.3) is 0 Å². The fourth-order valence-corrected chi connectivity index (χ4v) is 1.40. The zero-order valence-corrected chi connectivity index (χ0v) is 10.8. The minimum absolute atomic E-state index is 0.150. The third-order valence-corrected chi connectivity index (χ3v) is 2.96. The van der Waals surface area contributed by atoms with Gasteiger partial charge in [-0.25, -0.2) is 0 Å². The lowest BCUT2D eigenvalue weighted by Gasteiger charge is -2.22. The van der Waals surface area contributed by atoms with E-state index in [1.54, 1.807) is 6.92 Å². The van der Waals surface area contributed by atoms with Crippen LogP contribution in [0.15, 0.2) is 24.3 Å². The number of hydrogen-bond donors (Lipinski definition) is 2. The zero-order valence-electron chi connectivity index (χ0n) is 10.8. The Bertz CT molecular complexity index is 368. The number of nitrogens with one attached hydrogen (secondary N) is 1. The first-order valence-corrected chi connectivity index (χ1v) is 6.08. The van der Waals surface area contributed by atoms with E-state index in [9.17, 15) is 9.90 Å². The van der Waals surface area contributed by atoms with Crippen LogP contribution in [0.1, 0.15) is 44.0 Å². The van der Waals surface area contributed by atoms with Crippen LogP contribution < -0.4 is 5.32 Å². The minimum Gasteiger partial charge on any atom is -0.388 e. The van der Waals surface area contributed by atoms with Crippen molar-refractivity contribution >= 4 is 11.5 Å². The van der Waals surface area contributed by atoms with Crippen LogP contribution >= 0.6 is 0 Å². The molecular formula is C14H21NO2. The molecule has 0 aliphatic rings. The minimum atomic E-state index is -0.697. The maximum atomic E-state index is 11.4. The lowest BCUT2D eigenvalue weighted by atomic mass is 10.0. The molecule has 0 aliphatic carbocycles. The molecule has 0 amide bonds. The highest BCUT2D eigenvalue weighted by Gasteiger charge is 2.16. The van der Waals surface area contributed by atoms with E-state index in [0.717, 1.165) is 11.3 Å². The molecule has 0 bridgehead atoms. The SMILES string of the molecule is CCC(=O)c1ccc(NCC(C)(O)CC)cc1. The molecule has 0 aliphatic heterocycles. The molecule has 1 aromatic rings. The van der Waals surface area contributed by atoms with Gasteiger partial charge in [-0.1, -0.05) is 13.8 Å². The first-order chi connectivity index (χ1) is 7.98. The molecule has 0 heterocycles. The number of hydrogen-bond acceptors (Lipinski definition) is 3. The van der Waals surface area contributed by atoms with E-state index < -0.39 is 5.60 Å². The Kier molecular flexibility index (Phi) is 4.70. The average molecular weight is 235 g/mol. The Morgan fingerprint density at radius 2 is 1.88 bits per heavy atom.